The second kappa shape index (κ2) is 12.6. The highest BCUT2D eigenvalue weighted by Gasteiger charge is 2.21. The Hall–Kier alpha value is -7.41. The van der Waals surface area contributed by atoms with Gasteiger partial charge < -0.3 is 8.98 Å². The summed E-state index contributed by atoms with van der Waals surface area (Å²) in [6.07, 6.45) is 0. The highest BCUT2D eigenvalue weighted by atomic mass is 32.1. The molecular weight excluding hydrogens is 717 g/mol. The Kier molecular flexibility index (Phi) is 7.03. The van der Waals surface area contributed by atoms with Crippen molar-refractivity contribution in [3.63, 3.8) is 0 Å². The molecule has 12 rings (SSSR count). The maximum Gasteiger partial charge on any atom is 0.164 e. The SMILES string of the molecule is c1ccc(-c2ccc(-c3nc(-c4ccc5oc6c(ccc7c8ccccc8n(-c8ccccc8)c76)c5c4)nc(-c4cccc5sc6ccccc6c45)n3)cc2)cc1. The highest BCUT2D eigenvalue weighted by Crippen LogP contribution is 2.42. The standard InChI is InChI=1S/C51H30N4OS/c1-3-12-31(13-4-1)32-22-24-33(25-23-32)49-52-50(54-51(53-49)40-18-11-21-45-46(40)39-17-8-10-20-44(39)57-45)34-26-29-43-41(30-34)38-28-27-37-36-16-7-9-19-42(36)55(47(37)48(38)56-43)35-14-5-2-6-15-35/h1-30H. The van der Waals surface area contributed by atoms with Crippen LogP contribution in [-0.2, 0) is 0 Å². The minimum Gasteiger partial charge on any atom is -0.454 e. The average Bonchev–Trinajstić information content (AvgIpc) is 3.96. The Labute approximate surface area is 330 Å². The van der Waals surface area contributed by atoms with E-state index in [0.29, 0.717) is 17.5 Å². The van der Waals surface area contributed by atoms with E-state index in [1.165, 1.54) is 25.7 Å². The maximum absolute atomic E-state index is 6.79. The van der Waals surface area contributed by atoms with Crippen molar-refractivity contribution in [2.45, 2.75) is 0 Å². The van der Waals surface area contributed by atoms with E-state index in [1.54, 1.807) is 11.3 Å². The van der Waals surface area contributed by atoms with E-state index in [4.69, 9.17) is 19.4 Å². The van der Waals surface area contributed by atoms with Crippen molar-refractivity contribution in [2.24, 2.45) is 0 Å². The Balaban J connectivity index is 1.07. The molecule has 0 saturated carbocycles. The largest absolute Gasteiger partial charge is 0.454 e. The number of thiophene rings is 1. The summed E-state index contributed by atoms with van der Waals surface area (Å²) in [5.41, 5.74) is 10.1. The molecule has 266 valence electrons. The van der Waals surface area contributed by atoms with Crippen LogP contribution >= 0.6 is 11.3 Å². The third kappa shape index (κ3) is 5.04. The van der Waals surface area contributed by atoms with Gasteiger partial charge in [-0.15, -0.1) is 11.3 Å². The smallest absolute Gasteiger partial charge is 0.164 e. The lowest BCUT2D eigenvalue weighted by Crippen LogP contribution is -2.00. The van der Waals surface area contributed by atoms with Gasteiger partial charge in [0.05, 0.1) is 11.0 Å². The van der Waals surface area contributed by atoms with Gasteiger partial charge in [-0.1, -0.05) is 127 Å². The van der Waals surface area contributed by atoms with E-state index in [-0.39, 0.29) is 0 Å². The summed E-state index contributed by atoms with van der Waals surface area (Å²) in [7, 11) is 0. The molecule has 4 aromatic heterocycles. The summed E-state index contributed by atoms with van der Waals surface area (Å²) in [4.78, 5) is 15.6. The molecule has 0 bridgehead atoms. The molecule has 8 aromatic carbocycles. The molecule has 57 heavy (non-hydrogen) atoms. The summed E-state index contributed by atoms with van der Waals surface area (Å²) in [5, 5.41) is 6.76. The lowest BCUT2D eigenvalue weighted by atomic mass is 10.0. The molecule has 4 heterocycles. The zero-order valence-corrected chi connectivity index (χ0v) is 31.2. The first-order valence-corrected chi connectivity index (χ1v) is 19.8. The molecule has 5 nitrogen and oxygen atoms in total. The molecule has 0 spiro atoms. The van der Waals surface area contributed by atoms with E-state index in [2.05, 4.69) is 180 Å². The summed E-state index contributed by atoms with van der Waals surface area (Å²) in [5.74, 6) is 1.87. The Morgan fingerprint density at radius 3 is 1.89 bits per heavy atom. The van der Waals surface area contributed by atoms with Gasteiger partial charge in [0.1, 0.15) is 5.58 Å². The Bertz CT molecular complexity index is 3510. The number of rotatable bonds is 5. The van der Waals surface area contributed by atoms with E-state index in [1.807, 2.05) is 6.07 Å². The number of aromatic nitrogens is 4. The van der Waals surface area contributed by atoms with Crippen LogP contribution in [0.3, 0.4) is 0 Å². The second-order valence-corrected chi connectivity index (χ2v) is 15.4. The van der Waals surface area contributed by atoms with Gasteiger partial charge in [-0.3, -0.25) is 0 Å². The fourth-order valence-electron chi connectivity index (χ4n) is 8.42. The fourth-order valence-corrected chi connectivity index (χ4v) is 9.56. The maximum atomic E-state index is 6.79. The number of hydrogen-bond acceptors (Lipinski definition) is 5. The summed E-state index contributed by atoms with van der Waals surface area (Å²) in [6.45, 7) is 0. The Morgan fingerprint density at radius 2 is 1.05 bits per heavy atom. The minimum absolute atomic E-state index is 0.606. The molecule has 6 heteroatoms. The molecule has 12 aromatic rings. The van der Waals surface area contributed by atoms with Crippen molar-refractivity contribution < 1.29 is 4.42 Å². The fraction of sp³-hybridized carbons (Fsp3) is 0. The van der Waals surface area contributed by atoms with Crippen LogP contribution in [0, 0.1) is 0 Å². The van der Waals surface area contributed by atoms with Crippen LogP contribution in [0.2, 0.25) is 0 Å². The van der Waals surface area contributed by atoms with Gasteiger partial charge in [0.2, 0.25) is 0 Å². The molecule has 0 amide bonds. The number of fused-ring (bicyclic) bond motifs is 10. The predicted octanol–water partition coefficient (Wildman–Crippen LogP) is 13.9. The number of nitrogens with zero attached hydrogens (tertiary/aromatic N) is 4. The van der Waals surface area contributed by atoms with Crippen molar-refractivity contribution in [3.05, 3.63) is 182 Å². The number of benzene rings is 8. The van der Waals surface area contributed by atoms with Crippen LogP contribution in [-0.4, -0.2) is 19.5 Å². The summed E-state index contributed by atoms with van der Waals surface area (Å²) >= 11 is 1.79. The third-order valence-corrected chi connectivity index (χ3v) is 12.2. The zero-order chi connectivity index (χ0) is 37.5. The topological polar surface area (TPSA) is 56.7 Å². The highest BCUT2D eigenvalue weighted by molar-refractivity contribution is 7.25. The van der Waals surface area contributed by atoms with Crippen molar-refractivity contribution in [3.8, 4) is 51.0 Å². The van der Waals surface area contributed by atoms with Crippen LogP contribution in [0.1, 0.15) is 0 Å². The van der Waals surface area contributed by atoms with Crippen molar-refractivity contribution in [2.75, 3.05) is 0 Å². The normalized spacial score (nSPS) is 11.9. The number of hydrogen-bond donors (Lipinski definition) is 0. The van der Waals surface area contributed by atoms with Crippen LogP contribution in [0.5, 0.6) is 0 Å². The molecule has 0 radical (unpaired) electrons. The molecule has 0 atom stereocenters. The zero-order valence-electron chi connectivity index (χ0n) is 30.4. The van der Waals surface area contributed by atoms with Gasteiger partial charge in [0, 0.05) is 64.1 Å². The van der Waals surface area contributed by atoms with Gasteiger partial charge >= 0.3 is 0 Å². The Morgan fingerprint density at radius 1 is 0.421 bits per heavy atom. The van der Waals surface area contributed by atoms with Crippen molar-refractivity contribution >= 4 is 75.3 Å². The minimum atomic E-state index is 0.606. The first-order chi connectivity index (χ1) is 28.2. The molecule has 0 aliphatic heterocycles. The first-order valence-electron chi connectivity index (χ1n) is 19.0. The second-order valence-electron chi connectivity index (χ2n) is 14.4. The molecule has 0 saturated heterocycles. The molecule has 0 aliphatic rings. The van der Waals surface area contributed by atoms with Crippen molar-refractivity contribution in [1.29, 1.82) is 0 Å². The van der Waals surface area contributed by atoms with Gasteiger partial charge in [-0.2, -0.15) is 0 Å². The average molecular weight is 747 g/mol. The lowest BCUT2D eigenvalue weighted by molar-refractivity contribution is 0.671. The van der Waals surface area contributed by atoms with Crippen LogP contribution in [0.25, 0.3) is 115 Å². The van der Waals surface area contributed by atoms with E-state index >= 15 is 0 Å². The molecule has 0 fully saturated rings. The van der Waals surface area contributed by atoms with Crippen LogP contribution in [0.4, 0.5) is 0 Å². The number of furan rings is 1. The van der Waals surface area contributed by atoms with Gasteiger partial charge in [-0.25, -0.2) is 15.0 Å². The summed E-state index contributed by atoms with van der Waals surface area (Å²) in [6, 6.07) is 63.7. The van der Waals surface area contributed by atoms with Gasteiger partial charge in [0.25, 0.3) is 0 Å². The summed E-state index contributed by atoms with van der Waals surface area (Å²) < 4.78 is 11.6. The van der Waals surface area contributed by atoms with Crippen molar-refractivity contribution in [1.82, 2.24) is 19.5 Å². The van der Waals surface area contributed by atoms with Gasteiger partial charge in [0.15, 0.2) is 23.1 Å². The monoisotopic (exact) mass is 746 g/mol. The lowest BCUT2D eigenvalue weighted by Gasteiger charge is -2.10. The molecular formula is C51H30N4OS. The number of para-hydroxylation sites is 2. The van der Waals surface area contributed by atoms with Gasteiger partial charge in [-0.05, 0) is 65.7 Å². The van der Waals surface area contributed by atoms with E-state index in [0.717, 1.165) is 71.7 Å². The van der Waals surface area contributed by atoms with E-state index in [9.17, 15) is 0 Å². The molecule has 0 aliphatic carbocycles. The molecule has 0 N–H and O–H groups in total. The quantitative estimate of drug-likeness (QED) is 0.176. The van der Waals surface area contributed by atoms with E-state index < -0.39 is 0 Å². The van der Waals surface area contributed by atoms with Crippen LogP contribution < -0.4 is 0 Å². The third-order valence-electron chi connectivity index (χ3n) is 11.1. The van der Waals surface area contributed by atoms with Crippen LogP contribution in [0.15, 0.2) is 186 Å². The molecule has 0 unspecified atom stereocenters. The first kappa shape index (κ1) is 31.9. The predicted molar refractivity (Wildman–Crippen MR) is 236 cm³/mol.